The van der Waals surface area contributed by atoms with Gasteiger partial charge >= 0.3 is 0 Å². The fourth-order valence-electron chi connectivity index (χ4n) is 5.81. The fraction of sp³-hybridized carbons (Fsp3) is 0.600. The van der Waals surface area contributed by atoms with E-state index in [1.165, 1.54) is 22.3 Å². The molecule has 0 saturated heterocycles. The molecule has 178 valence electrons. The van der Waals surface area contributed by atoms with Gasteiger partial charge in [0, 0.05) is 17.0 Å². The first-order chi connectivity index (χ1) is 14.7. The van der Waals surface area contributed by atoms with Crippen molar-refractivity contribution in [1.82, 2.24) is 0 Å². The molecule has 0 heterocycles. The van der Waals surface area contributed by atoms with E-state index < -0.39 is 0 Å². The Bertz CT molecular complexity index is 902. The molecule has 0 unspecified atom stereocenters. The molecule has 32 heavy (non-hydrogen) atoms. The Balaban J connectivity index is 2.94. The standard InChI is InChI=1S/C30H46O2/c1-12-15-22(25-18(4)16-23(31)27(20(25)6)29(8,9)13-2)26-19(5)17-24(32)28(21(26)7)30(10,11)14-3/h16-17,22,31-32H,12-15H2,1-11H3. The maximum Gasteiger partial charge on any atom is 0.119 e. The average Bonchev–Trinajstić information content (AvgIpc) is 2.66. The molecular weight excluding hydrogens is 392 g/mol. The van der Waals surface area contributed by atoms with Gasteiger partial charge in [0.15, 0.2) is 0 Å². The summed E-state index contributed by atoms with van der Waals surface area (Å²) in [5, 5.41) is 21.9. The molecule has 0 bridgehead atoms. The predicted octanol–water partition coefficient (Wildman–Crippen LogP) is 8.64. The first-order valence-electron chi connectivity index (χ1n) is 12.4. The van der Waals surface area contributed by atoms with E-state index in [9.17, 15) is 10.2 Å². The second-order valence-corrected chi connectivity index (χ2v) is 11.1. The van der Waals surface area contributed by atoms with Gasteiger partial charge in [-0.1, -0.05) is 54.9 Å². The van der Waals surface area contributed by atoms with Gasteiger partial charge in [-0.25, -0.2) is 0 Å². The minimum atomic E-state index is -0.0954. The number of benzene rings is 2. The number of rotatable bonds is 8. The van der Waals surface area contributed by atoms with Gasteiger partial charge in [-0.3, -0.25) is 0 Å². The van der Waals surface area contributed by atoms with E-state index in [0.717, 1.165) is 47.9 Å². The molecular formula is C30H46O2. The molecule has 0 amide bonds. The summed E-state index contributed by atoms with van der Waals surface area (Å²) < 4.78 is 0. The van der Waals surface area contributed by atoms with Gasteiger partial charge in [-0.15, -0.1) is 0 Å². The maximum absolute atomic E-state index is 10.9. The molecule has 2 heteroatoms. The minimum Gasteiger partial charge on any atom is -0.508 e. The van der Waals surface area contributed by atoms with Gasteiger partial charge in [0.1, 0.15) is 11.5 Å². The highest BCUT2D eigenvalue weighted by molar-refractivity contribution is 5.59. The number of phenolic OH excluding ortho intramolecular Hbond substituents is 2. The van der Waals surface area contributed by atoms with Crippen LogP contribution in [0, 0.1) is 27.7 Å². The summed E-state index contributed by atoms with van der Waals surface area (Å²) in [7, 11) is 0. The third-order valence-electron chi connectivity index (χ3n) is 8.02. The van der Waals surface area contributed by atoms with Crippen molar-refractivity contribution in [3.8, 4) is 11.5 Å². The molecule has 2 nitrogen and oxygen atoms in total. The van der Waals surface area contributed by atoms with E-state index in [4.69, 9.17) is 0 Å². The molecule has 0 aliphatic rings. The molecule has 2 aromatic rings. The first kappa shape index (κ1) is 26.3. The van der Waals surface area contributed by atoms with Gasteiger partial charge in [0.2, 0.25) is 0 Å². The highest BCUT2D eigenvalue weighted by Gasteiger charge is 2.32. The van der Waals surface area contributed by atoms with Gasteiger partial charge in [-0.05, 0) is 103 Å². The van der Waals surface area contributed by atoms with E-state index in [-0.39, 0.29) is 16.7 Å². The zero-order valence-electron chi connectivity index (χ0n) is 22.5. The molecule has 0 aromatic heterocycles. The molecule has 2 N–H and O–H groups in total. The SMILES string of the molecule is CCCC(c1c(C)cc(O)c(C(C)(C)CC)c1C)c1c(C)cc(O)c(C(C)(C)CC)c1C. The van der Waals surface area contributed by atoms with E-state index in [1.807, 2.05) is 12.1 Å². The number of phenols is 2. The van der Waals surface area contributed by atoms with Crippen molar-refractivity contribution in [2.75, 3.05) is 0 Å². The van der Waals surface area contributed by atoms with Crippen LogP contribution >= 0.6 is 0 Å². The lowest BCUT2D eigenvalue weighted by molar-refractivity contribution is 0.424. The van der Waals surface area contributed by atoms with Gasteiger partial charge in [0.25, 0.3) is 0 Å². The van der Waals surface area contributed by atoms with Gasteiger partial charge in [0.05, 0.1) is 0 Å². The summed E-state index contributed by atoms with van der Waals surface area (Å²) in [4.78, 5) is 0. The second-order valence-electron chi connectivity index (χ2n) is 11.1. The van der Waals surface area contributed by atoms with Crippen LogP contribution in [0.1, 0.15) is 125 Å². The van der Waals surface area contributed by atoms with Crippen molar-refractivity contribution in [3.63, 3.8) is 0 Å². The molecule has 0 aliphatic heterocycles. The van der Waals surface area contributed by atoms with Crippen LogP contribution in [0.3, 0.4) is 0 Å². The average molecular weight is 439 g/mol. The highest BCUT2D eigenvalue weighted by atomic mass is 16.3. The second kappa shape index (κ2) is 9.49. The van der Waals surface area contributed by atoms with Gasteiger partial charge in [-0.2, -0.15) is 0 Å². The Morgan fingerprint density at radius 2 is 1.03 bits per heavy atom. The Labute approximate surface area is 197 Å². The number of hydrogen-bond donors (Lipinski definition) is 2. The monoisotopic (exact) mass is 438 g/mol. The van der Waals surface area contributed by atoms with E-state index >= 15 is 0 Å². The molecule has 2 rings (SSSR count). The lowest BCUT2D eigenvalue weighted by Gasteiger charge is -2.34. The first-order valence-corrected chi connectivity index (χ1v) is 12.4. The summed E-state index contributed by atoms with van der Waals surface area (Å²) in [6.07, 6.45) is 4.04. The molecule has 2 aromatic carbocycles. The van der Waals surface area contributed by atoms with Crippen LogP contribution < -0.4 is 0 Å². The van der Waals surface area contributed by atoms with Gasteiger partial charge < -0.3 is 10.2 Å². The summed E-state index contributed by atoms with van der Waals surface area (Å²) in [5.41, 5.74) is 9.39. The predicted molar refractivity (Wildman–Crippen MR) is 139 cm³/mol. The number of aryl methyl sites for hydroxylation is 2. The lowest BCUT2D eigenvalue weighted by atomic mass is 9.71. The van der Waals surface area contributed by atoms with Crippen molar-refractivity contribution >= 4 is 0 Å². The summed E-state index contributed by atoms with van der Waals surface area (Å²) in [6, 6.07) is 3.94. The molecule has 0 aliphatic carbocycles. The Hall–Kier alpha value is -1.96. The minimum absolute atomic E-state index is 0.0954. The highest BCUT2D eigenvalue weighted by Crippen LogP contribution is 2.47. The maximum atomic E-state index is 10.9. The van der Waals surface area contributed by atoms with E-state index in [1.54, 1.807) is 0 Å². The molecule has 0 spiro atoms. The molecule has 0 saturated carbocycles. The van der Waals surface area contributed by atoms with Crippen LogP contribution in [0.2, 0.25) is 0 Å². The summed E-state index contributed by atoms with van der Waals surface area (Å²) >= 11 is 0. The smallest absolute Gasteiger partial charge is 0.119 e. The van der Waals surface area contributed by atoms with Crippen LogP contribution in [-0.2, 0) is 10.8 Å². The number of hydrogen-bond acceptors (Lipinski definition) is 2. The lowest BCUT2D eigenvalue weighted by Crippen LogP contribution is -2.22. The summed E-state index contributed by atoms with van der Waals surface area (Å²) in [5.74, 6) is 1.06. The molecule has 0 fully saturated rings. The third-order valence-corrected chi connectivity index (χ3v) is 8.02. The van der Waals surface area contributed by atoms with Crippen LogP contribution in [0.4, 0.5) is 0 Å². The van der Waals surface area contributed by atoms with E-state index in [0.29, 0.717) is 11.5 Å². The molecule has 0 radical (unpaired) electrons. The number of aromatic hydroxyl groups is 2. The van der Waals surface area contributed by atoms with E-state index in [2.05, 4.69) is 76.2 Å². The van der Waals surface area contributed by atoms with Crippen molar-refractivity contribution < 1.29 is 10.2 Å². The Morgan fingerprint density at radius 1 is 0.688 bits per heavy atom. The van der Waals surface area contributed by atoms with Crippen LogP contribution in [-0.4, -0.2) is 10.2 Å². The quantitative estimate of drug-likeness (QED) is 0.433. The van der Waals surface area contributed by atoms with Crippen LogP contribution in [0.15, 0.2) is 12.1 Å². The van der Waals surface area contributed by atoms with Crippen LogP contribution in [0.5, 0.6) is 11.5 Å². The third kappa shape index (κ3) is 4.56. The Kier molecular flexibility index (Phi) is 7.80. The van der Waals surface area contributed by atoms with Crippen molar-refractivity contribution in [3.05, 3.63) is 56.6 Å². The fourth-order valence-corrected chi connectivity index (χ4v) is 5.81. The summed E-state index contributed by atoms with van der Waals surface area (Å²) in [6.45, 7) is 24.2. The van der Waals surface area contributed by atoms with Crippen molar-refractivity contribution in [1.29, 1.82) is 0 Å². The van der Waals surface area contributed by atoms with Crippen LogP contribution in [0.25, 0.3) is 0 Å². The largest absolute Gasteiger partial charge is 0.508 e. The van der Waals surface area contributed by atoms with Crippen molar-refractivity contribution in [2.24, 2.45) is 0 Å². The zero-order chi connectivity index (χ0) is 24.6. The normalized spacial score (nSPS) is 12.6. The molecule has 0 atom stereocenters. The van der Waals surface area contributed by atoms with Crippen molar-refractivity contribution in [2.45, 2.75) is 119 Å². The topological polar surface area (TPSA) is 40.5 Å². The Morgan fingerprint density at radius 3 is 1.31 bits per heavy atom. The zero-order valence-corrected chi connectivity index (χ0v) is 22.5.